The maximum Gasteiger partial charge on any atom is 0.331 e. The van der Waals surface area contributed by atoms with Gasteiger partial charge in [0.05, 0.1) is 11.7 Å². The predicted octanol–water partition coefficient (Wildman–Crippen LogP) is 7.59. The van der Waals surface area contributed by atoms with Crippen LogP contribution < -0.4 is 0 Å². The zero-order chi connectivity index (χ0) is 25.8. The lowest BCUT2D eigenvalue weighted by molar-refractivity contribution is -0.132. The number of fused-ring (bicyclic) bond motifs is 1. The van der Waals surface area contributed by atoms with E-state index in [1.54, 1.807) is 13.0 Å². The zero-order valence-corrected chi connectivity index (χ0v) is 21.4. The van der Waals surface area contributed by atoms with Crippen LogP contribution in [0.25, 0.3) is 28.1 Å². The molecule has 1 aliphatic heterocycles. The summed E-state index contributed by atoms with van der Waals surface area (Å²) in [7, 11) is 0. The van der Waals surface area contributed by atoms with E-state index in [2.05, 4.69) is 66.6 Å². The summed E-state index contributed by atoms with van der Waals surface area (Å²) in [5.41, 5.74) is 8.09. The highest BCUT2D eigenvalue weighted by atomic mass is 16.5. The fraction of sp³-hybridized carbons (Fsp3) is 0.250. The minimum Gasteiger partial charge on any atom is -0.478 e. The predicted molar refractivity (Wildman–Crippen MR) is 149 cm³/mol. The van der Waals surface area contributed by atoms with Gasteiger partial charge in [-0.25, -0.2) is 9.48 Å². The lowest BCUT2D eigenvalue weighted by atomic mass is 9.87. The summed E-state index contributed by atoms with van der Waals surface area (Å²) in [6.07, 6.45) is 7.75. The molecule has 1 N–H and O–H groups in total. The third kappa shape index (κ3) is 5.27. The molecule has 0 bridgehead atoms. The van der Waals surface area contributed by atoms with Gasteiger partial charge in [-0.3, -0.25) is 0 Å². The SMILES string of the molecule is CCC(=C(c1ccc(C=C(C)C(=O)O)cc1)c1ccc2c(cnn2C2CCCCO2)c1)c1ccccc1. The summed E-state index contributed by atoms with van der Waals surface area (Å²) in [6.45, 7) is 4.58. The third-order valence-electron chi connectivity index (χ3n) is 7.01. The van der Waals surface area contributed by atoms with E-state index in [1.165, 1.54) is 16.7 Å². The number of aromatic nitrogens is 2. The van der Waals surface area contributed by atoms with E-state index < -0.39 is 5.97 Å². The van der Waals surface area contributed by atoms with Gasteiger partial charge in [0.15, 0.2) is 6.23 Å². The van der Waals surface area contributed by atoms with Gasteiger partial charge in [-0.05, 0) is 84.2 Å². The summed E-state index contributed by atoms with van der Waals surface area (Å²) >= 11 is 0. The quantitative estimate of drug-likeness (QED) is 0.213. The molecule has 1 aromatic heterocycles. The highest BCUT2D eigenvalue weighted by molar-refractivity contribution is 6.00. The van der Waals surface area contributed by atoms with Crippen LogP contribution in [0.3, 0.4) is 0 Å². The van der Waals surface area contributed by atoms with Crippen molar-refractivity contribution >= 4 is 34.1 Å². The normalized spacial score (nSPS) is 17.0. The second kappa shape index (κ2) is 11.0. The van der Waals surface area contributed by atoms with Crippen LogP contribution in [0.1, 0.15) is 68.0 Å². The Bertz CT molecular complexity index is 1460. The van der Waals surface area contributed by atoms with E-state index in [-0.39, 0.29) is 6.23 Å². The Hall–Kier alpha value is -3.96. The van der Waals surface area contributed by atoms with E-state index in [0.717, 1.165) is 59.9 Å². The van der Waals surface area contributed by atoms with Crippen LogP contribution in [-0.2, 0) is 9.53 Å². The highest BCUT2D eigenvalue weighted by Gasteiger charge is 2.20. The second-order valence-electron chi connectivity index (χ2n) is 9.51. The molecule has 0 amide bonds. The van der Waals surface area contributed by atoms with Crippen LogP contribution >= 0.6 is 0 Å². The molecular weight excluding hydrogens is 460 g/mol. The van der Waals surface area contributed by atoms with Crippen molar-refractivity contribution in [1.82, 2.24) is 9.78 Å². The first-order valence-corrected chi connectivity index (χ1v) is 12.9. The number of carbonyl (C=O) groups is 1. The number of hydrogen-bond donors (Lipinski definition) is 1. The van der Waals surface area contributed by atoms with Gasteiger partial charge >= 0.3 is 5.97 Å². The summed E-state index contributed by atoms with van der Waals surface area (Å²) in [5, 5.41) is 15.0. The van der Waals surface area contributed by atoms with Crippen molar-refractivity contribution < 1.29 is 14.6 Å². The third-order valence-corrected chi connectivity index (χ3v) is 7.01. The summed E-state index contributed by atoms with van der Waals surface area (Å²) in [5.74, 6) is -0.908. The topological polar surface area (TPSA) is 64.3 Å². The van der Waals surface area contributed by atoms with Crippen LogP contribution in [-0.4, -0.2) is 27.5 Å². The lowest BCUT2D eigenvalue weighted by Gasteiger charge is -2.23. The van der Waals surface area contributed by atoms with Crippen LogP contribution in [0.5, 0.6) is 0 Å². The molecule has 1 saturated heterocycles. The Kier molecular flexibility index (Phi) is 7.33. The van der Waals surface area contributed by atoms with E-state index >= 15 is 0 Å². The molecule has 5 heteroatoms. The number of nitrogens with zero attached hydrogens (tertiary/aromatic N) is 2. The van der Waals surface area contributed by atoms with Gasteiger partial charge in [-0.2, -0.15) is 5.10 Å². The van der Waals surface area contributed by atoms with E-state index in [1.807, 2.05) is 29.1 Å². The largest absolute Gasteiger partial charge is 0.478 e. The molecular formula is C32H32N2O3. The van der Waals surface area contributed by atoms with Crippen LogP contribution in [0.2, 0.25) is 0 Å². The zero-order valence-electron chi connectivity index (χ0n) is 21.4. The van der Waals surface area contributed by atoms with Crippen molar-refractivity contribution in [1.29, 1.82) is 0 Å². The van der Waals surface area contributed by atoms with Gasteiger partial charge in [0.1, 0.15) is 0 Å². The first kappa shape index (κ1) is 24.7. The van der Waals surface area contributed by atoms with Crippen molar-refractivity contribution in [2.75, 3.05) is 6.61 Å². The summed E-state index contributed by atoms with van der Waals surface area (Å²) < 4.78 is 8.01. The average molecular weight is 493 g/mol. The Morgan fingerprint density at radius 2 is 1.78 bits per heavy atom. The number of benzene rings is 3. The molecule has 1 aliphatic rings. The van der Waals surface area contributed by atoms with Crippen molar-refractivity contribution in [2.45, 2.75) is 45.8 Å². The van der Waals surface area contributed by atoms with Crippen LogP contribution in [0, 0.1) is 0 Å². The van der Waals surface area contributed by atoms with Gasteiger partial charge in [-0.1, -0.05) is 67.6 Å². The molecule has 0 radical (unpaired) electrons. The Morgan fingerprint density at radius 3 is 2.46 bits per heavy atom. The number of carboxylic acids is 1. The van der Waals surface area contributed by atoms with Crippen molar-refractivity contribution in [3.63, 3.8) is 0 Å². The van der Waals surface area contributed by atoms with Gasteiger partial charge < -0.3 is 9.84 Å². The fourth-order valence-electron chi connectivity index (χ4n) is 5.09. The number of aliphatic carboxylic acids is 1. The van der Waals surface area contributed by atoms with Gasteiger partial charge in [0.25, 0.3) is 0 Å². The van der Waals surface area contributed by atoms with Crippen molar-refractivity contribution in [3.05, 3.63) is 107 Å². The van der Waals surface area contributed by atoms with E-state index in [0.29, 0.717) is 5.57 Å². The molecule has 3 aromatic carbocycles. The van der Waals surface area contributed by atoms with Gasteiger partial charge in [0.2, 0.25) is 0 Å². The molecule has 2 heterocycles. The standard InChI is InChI=1S/C32H32N2O3/c1-3-28(24-9-5-4-6-10-24)31(25-14-12-23(13-15-25)19-22(2)32(35)36)26-16-17-29-27(20-26)21-33-34(29)30-11-7-8-18-37-30/h4-6,9-10,12-17,19-21,30H,3,7-8,11,18H2,1-2H3,(H,35,36). The van der Waals surface area contributed by atoms with E-state index in [9.17, 15) is 9.90 Å². The second-order valence-corrected chi connectivity index (χ2v) is 9.51. The van der Waals surface area contributed by atoms with E-state index in [4.69, 9.17) is 4.74 Å². The Labute approximate surface area is 217 Å². The first-order valence-electron chi connectivity index (χ1n) is 12.9. The first-order chi connectivity index (χ1) is 18.0. The summed E-state index contributed by atoms with van der Waals surface area (Å²) in [6, 6.07) is 25.2. The molecule has 1 atom stereocenters. The summed E-state index contributed by atoms with van der Waals surface area (Å²) in [4.78, 5) is 11.3. The number of ether oxygens (including phenoxy) is 1. The number of hydrogen-bond acceptors (Lipinski definition) is 3. The molecule has 5 nitrogen and oxygen atoms in total. The van der Waals surface area contributed by atoms with Gasteiger partial charge in [0, 0.05) is 17.6 Å². The minimum absolute atomic E-state index is 0.00232. The fourth-order valence-corrected chi connectivity index (χ4v) is 5.09. The van der Waals surface area contributed by atoms with Crippen molar-refractivity contribution in [2.24, 2.45) is 0 Å². The molecule has 4 aromatic rings. The number of allylic oxidation sites excluding steroid dienone is 1. The average Bonchev–Trinajstić information content (AvgIpc) is 3.36. The van der Waals surface area contributed by atoms with Gasteiger partial charge in [-0.15, -0.1) is 0 Å². The monoisotopic (exact) mass is 492 g/mol. The lowest BCUT2D eigenvalue weighted by Crippen LogP contribution is -2.18. The molecule has 37 heavy (non-hydrogen) atoms. The molecule has 1 fully saturated rings. The number of carboxylic acid groups (broad SMARTS) is 1. The van der Waals surface area contributed by atoms with Crippen LogP contribution in [0.4, 0.5) is 0 Å². The van der Waals surface area contributed by atoms with Crippen molar-refractivity contribution in [3.8, 4) is 0 Å². The molecule has 0 spiro atoms. The highest BCUT2D eigenvalue weighted by Crippen LogP contribution is 2.36. The maximum absolute atomic E-state index is 11.3. The minimum atomic E-state index is -0.908. The molecule has 188 valence electrons. The molecule has 0 aliphatic carbocycles. The van der Waals surface area contributed by atoms with Crippen LogP contribution in [0.15, 0.2) is 84.6 Å². The molecule has 1 unspecified atom stereocenters. The number of rotatable bonds is 7. The molecule has 0 saturated carbocycles. The molecule has 5 rings (SSSR count). The smallest absolute Gasteiger partial charge is 0.331 e. The maximum atomic E-state index is 11.3. The Morgan fingerprint density at radius 1 is 1.03 bits per heavy atom. The Balaban J connectivity index is 1.62.